The van der Waals surface area contributed by atoms with E-state index < -0.39 is 0 Å². The van der Waals surface area contributed by atoms with Gasteiger partial charge in [0.05, 0.1) is 7.11 Å². The molecule has 0 amide bonds. The molecule has 3 rings (SSSR count). The fourth-order valence-electron chi connectivity index (χ4n) is 3.25. The lowest BCUT2D eigenvalue weighted by Crippen LogP contribution is -2.42. The van der Waals surface area contributed by atoms with E-state index in [9.17, 15) is 0 Å². The third kappa shape index (κ3) is 5.34. The van der Waals surface area contributed by atoms with Crippen LogP contribution in [0.4, 0.5) is 0 Å². The molecule has 140 valence electrons. The molecule has 1 aliphatic heterocycles. The number of hydrogen-bond donors (Lipinski definition) is 1. The maximum absolute atomic E-state index is 5.91. The van der Waals surface area contributed by atoms with Gasteiger partial charge in [-0.3, -0.25) is 4.90 Å². The van der Waals surface area contributed by atoms with E-state index in [-0.39, 0.29) is 0 Å². The minimum Gasteiger partial charge on any atom is -0.493 e. The van der Waals surface area contributed by atoms with Gasteiger partial charge in [-0.05, 0) is 55.1 Å². The molecule has 0 unspecified atom stereocenters. The van der Waals surface area contributed by atoms with Crippen LogP contribution in [-0.2, 0) is 13.2 Å². The smallest absolute Gasteiger partial charge is 0.161 e. The van der Waals surface area contributed by atoms with Gasteiger partial charge in [0.25, 0.3) is 0 Å². The van der Waals surface area contributed by atoms with Crippen molar-refractivity contribution >= 4 is 11.3 Å². The number of nitrogens with zero attached hydrogens (tertiary/aromatic N) is 1. The van der Waals surface area contributed by atoms with Gasteiger partial charge in [0.15, 0.2) is 11.5 Å². The van der Waals surface area contributed by atoms with Gasteiger partial charge in [-0.1, -0.05) is 18.2 Å². The topological polar surface area (TPSA) is 33.7 Å². The van der Waals surface area contributed by atoms with Crippen molar-refractivity contribution in [2.75, 3.05) is 26.7 Å². The zero-order valence-corrected chi connectivity index (χ0v) is 16.3. The molecule has 1 fully saturated rings. The molecule has 2 aromatic rings. The number of ether oxygens (including phenoxy) is 2. The Morgan fingerprint density at radius 2 is 2.12 bits per heavy atom. The lowest BCUT2D eigenvalue weighted by molar-refractivity contribution is 0.214. The van der Waals surface area contributed by atoms with Crippen molar-refractivity contribution in [2.45, 2.75) is 32.0 Å². The van der Waals surface area contributed by atoms with E-state index >= 15 is 0 Å². The van der Waals surface area contributed by atoms with Gasteiger partial charge in [0.1, 0.15) is 6.61 Å². The first-order chi connectivity index (χ1) is 12.8. The van der Waals surface area contributed by atoms with Gasteiger partial charge in [-0.25, -0.2) is 0 Å². The Balaban J connectivity index is 1.50. The molecule has 26 heavy (non-hydrogen) atoms. The highest BCUT2D eigenvalue weighted by atomic mass is 32.1. The molecule has 1 N–H and O–H groups in total. The molecule has 5 heteroatoms. The summed E-state index contributed by atoms with van der Waals surface area (Å²) in [5, 5.41) is 5.74. The van der Waals surface area contributed by atoms with Crippen molar-refractivity contribution in [1.29, 1.82) is 0 Å². The Labute approximate surface area is 160 Å². The van der Waals surface area contributed by atoms with Gasteiger partial charge in [-0.15, -0.1) is 17.9 Å². The lowest BCUT2D eigenvalue weighted by atomic mass is 10.0. The minimum atomic E-state index is 0.578. The van der Waals surface area contributed by atoms with Crippen molar-refractivity contribution in [1.82, 2.24) is 10.2 Å². The first kappa shape index (κ1) is 19.0. The van der Waals surface area contributed by atoms with E-state index in [2.05, 4.69) is 40.4 Å². The van der Waals surface area contributed by atoms with Crippen molar-refractivity contribution in [3.8, 4) is 11.5 Å². The second-order valence-corrected chi connectivity index (χ2v) is 7.63. The molecule has 0 radical (unpaired) electrons. The molecule has 4 nitrogen and oxygen atoms in total. The Morgan fingerprint density at radius 1 is 1.27 bits per heavy atom. The zero-order chi connectivity index (χ0) is 18.2. The Bertz CT molecular complexity index is 679. The molecule has 1 saturated heterocycles. The van der Waals surface area contributed by atoms with Crippen LogP contribution in [0, 0.1) is 0 Å². The largest absolute Gasteiger partial charge is 0.493 e. The minimum absolute atomic E-state index is 0.578. The molecule has 2 heterocycles. The number of benzene rings is 1. The van der Waals surface area contributed by atoms with E-state index in [1.165, 1.54) is 23.3 Å². The highest BCUT2D eigenvalue weighted by Gasteiger charge is 2.17. The predicted octanol–water partition coefficient (Wildman–Crippen LogP) is 4.08. The van der Waals surface area contributed by atoms with Crippen molar-refractivity contribution in [2.24, 2.45) is 0 Å². The Kier molecular flexibility index (Phi) is 7.12. The number of thiophene rings is 1. The second kappa shape index (κ2) is 9.76. The molecule has 0 bridgehead atoms. The van der Waals surface area contributed by atoms with Crippen LogP contribution in [0.3, 0.4) is 0 Å². The van der Waals surface area contributed by atoms with E-state index in [1.54, 1.807) is 18.4 Å². The van der Waals surface area contributed by atoms with Crippen LogP contribution in [0.5, 0.6) is 11.5 Å². The average molecular weight is 373 g/mol. The molecule has 0 saturated carbocycles. The predicted molar refractivity (Wildman–Crippen MR) is 108 cm³/mol. The summed E-state index contributed by atoms with van der Waals surface area (Å²) in [6.07, 6.45) is 4.36. The highest BCUT2D eigenvalue weighted by Crippen LogP contribution is 2.29. The van der Waals surface area contributed by atoms with E-state index in [0.29, 0.717) is 12.6 Å². The first-order valence-electron chi connectivity index (χ1n) is 9.17. The number of methoxy groups -OCH3 is 1. The third-order valence-corrected chi connectivity index (χ3v) is 5.60. The van der Waals surface area contributed by atoms with Gasteiger partial charge < -0.3 is 14.8 Å². The molecule has 1 aliphatic rings. The van der Waals surface area contributed by atoms with E-state index in [1.807, 2.05) is 18.2 Å². The summed E-state index contributed by atoms with van der Waals surface area (Å²) in [4.78, 5) is 3.66. The molecule has 0 aliphatic carbocycles. The number of piperidine rings is 1. The van der Waals surface area contributed by atoms with Crippen LogP contribution >= 0.6 is 11.3 Å². The summed E-state index contributed by atoms with van der Waals surface area (Å²) in [5.74, 6) is 1.59. The van der Waals surface area contributed by atoms with Crippen molar-refractivity contribution < 1.29 is 9.47 Å². The summed E-state index contributed by atoms with van der Waals surface area (Å²) >= 11 is 1.70. The van der Waals surface area contributed by atoms with Crippen LogP contribution in [0.1, 0.15) is 23.3 Å². The first-order valence-corrected chi connectivity index (χ1v) is 10.0. The van der Waals surface area contributed by atoms with Crippen molar-refractivity contribution in [3.05, 3.63) is 58.8 Å². The standard InChI is InChI=1S/C21H28N2O2S/c1-3-10-23-11-8-18(9-12-23)22-15-17-6-7-20(21(14-17)24-2)25-16-19-5-4-13-26-19/h3-7,13-14,18,22H,1,8-12,15-16H2,2H3. The highest BCUT2D eigenvalue weighted by molar-refractivity contribution is 7.09. The van der Waals surface area contributed by atoms with E-state index in [0.717, 1.165) is 37.7 Å². The number of rotatable bonds is 9. The van der Waals surface area contributed by atoms with E-state index in [4.69, 9.17) is 9.47 Å². The maximum atomic E-state index is 5.91. The monoisotopic (exact) mass is 372 g/mol. The number of hydrogen-bond acceptors (Lipinski definition) is 5. The van der Waals surface area contributed by atoms with Gasteiger partial charge >= 0.3 is 0 Å². The van der Waals surface area contributed by atoms with Gasteiger partial charge in [0.2, 0.25) is 0 Å². The van der Waals surface area contributed by atoms with Gasteiger partial charge in [0, 0.05) is 24.0 Å². The fraction of sp³-hybridized carbons (Fsp3) is 0.429. The second-order valence-electron chi connectivity index (χ2n) is 6.60. The fourth-order valence-corrected chi connectivity index (χ4v) is 3.87. The molecular weight excluding hydrogens is 344 g/mol. The normalized spacial score (nSPS) is 15.7. The van der Waals surface area contributed by atoms with Crippen LogP contribution in [-0.4, -0.2) is 37.7 Å². The number of nitrogens with one attached hydrogen (secondary N) is 1. The molecule has 0 atom stereocenters. The van der Waals surface area contributed by atoms with Crippen molar-refractivity contribution in [3.63, 3.8) is 0 Å². The average Bonchev–Trinajstić information content (AvgIpc) is 3.20. The summed E-state index contributed by atoms with van der Waals surface area (Å²) < 4.78 is 11.4. The molecule has 0 spiro atoms. The lowest BCUT2D eigenvalue weighted by Gasteiger charge is -2.31. The quantitative estimate of drug-likeness (QED) is 0.673. The van der Waals surface area contributed by atoms with Crippen LogP contribution in [0.25, 0.3) is 0 Å². The van der Waals surface area contributed by atoms with Crippen LogP contribution < -0.4 is 14.8 Å². The van der Waals surface area contributed by atoms with Crippen LogP contribution in [0.2, 0.25) is 0 Å². The third-order valence-electron chi connectivity index (χ3n) is 4.75. The molecule has 1 aromatic carbocycles. The zero-order valence-electron chi connectivity index (χ0n) is 15.4. The summed E-state index contributed by atoms with van der Waals surface area (Å²) in [6.45, 7) is 8.53. The maximum Gasteiger partial charge on any atom is 0.161 e. The SMILES string of the molecule is C=CCN1CCC(NCc2ccc(OCc3cccs3)c(OC)c2)CC1. The summed E-state index contributed by atoms with van der Waals surface area (Å²) in [7, 11) is 1.69. The van der Waals surface area contributed by atoms with Crippen LogP contribution in [0.15, 0.2) is 48.4 Å². The Hall–Kier alpha value is -1.82. The Morgan fingerprint density at radius 3 is 2.81 bits per heavy atom. The summed E-state index contributed by atoms with van der Waals surface area (Å²) in [5.41, 5.74) is 1.22. The molecular formula is C21H28N2O2S. The number of likely N-dealkylation sites (tertiary alicyclic amines) is 1. The summed E-state index contributed by atoms with van der Waals surface area (Å²) in [6, 6.07) is 10.9. The van der Waals surface area contributed by atoms with Gasteiger partial charge in [-0.2, -0.15) is 0 Å². The molecule has 1 aromatic heterocycles.